The Kier molecular flexibility index (Phi) is 5.79. The van der Waals surface area contributed by atoms with Crippen molar-refractivity contribution >= 4 is 35.5 Å². The van der Waals surface area contributed by atoms with Crippen molar-refractivity contribution in [1.82, 2.24) is 0 Å². The van der Waals surface area contributed by atoms with Crippen LogP contribution in [0.15, 0.2) is 24.3 Å². The molecule has 0 aliphatic rings. The Bertz CT molecular complexity index is 286. The van der Waals surface area contributed by atoms with Gasteiger partial charge in [0, 0.05) is 6.92 Å². The fourth-order valence-corrected chi connectivity index (χ4v) is 0.753. The van der Waals surface area contributed by atoms with Crippen LogP contribution in [0.25, 0.3) is 0 Å². The van der Waals surface area contributed by atoms with E-state index in [2.05, 4.69) is 4.89 Å². The molecule has 3 nitrogen and oxygen atoms in total. The molecule has 1 aromatic rings. The van der Waals surface area contributed by atoms with Gasteiger partial charge < -0.3 is 0 Å². The van der Waals surface area contributed by atoms with Crippen LogP contribution in [0.5, 0.6) is 5.75 Å². The third-order valence-corrected chi connectivity index (χ3v) is 1.34. The van der Waals surface area contributed by atoms with E-state index < -0.39 is 5.97 Å². The maximum atomic E-state index is 10.4. The summed E-state index contributed by atoms with van der Waals surface area (Å²) in [5.41, 5.74) is 0.929. The molecule has 1 aromatic carbocycles. The summed E-state index contributed by atoms with van der Waals surface area (Å²) < 4.78 is 0. The quantitative estimate of drug-likeness (QED) is 0.399. The van der Waals surface area contributed by atoms with Crippen molar-refractivity contribution in [3.05, 3.63) is 29.8 Å². The van der Waals surface area contributed by atoms with E-state index in [9.17, 15) is 4.79 Å². The van der Waals surface area contributed by atoms with Crippen LogP contribution >= 0.6 is 0 Å². The number of hydrogen-bond donors (Lipinski definition) is 0. The molecule has 0 radical (unpaired) electrons. The summed E-state index contributed by atoms with van der Waals surface area (Å²) in [6.45, 7) is 3.16. The second-order valence-corrected chi connectivity index (χ2v) is 2.42. The average molecular weight is 190 g/mol. The number of carbonyl (C=O) groups is 1. The number of aryl methyl sites for hydroxylation is 1. The molecule has 0 bridgehead atoms. The molecule has 0 fully saturated rings. The first-order valence-electron chi connectivity index (χ1n) is 3.61. The monoisotopic (exact) mass is 190 g/mol. The molecule has 0 N–H and O–H groups in total. The molecule has 66 valence electrons. The number of hydrogen-bond acceptors (Lipinski definition) is 3. The molecule has 0 unspecified atom stereocenters. The summed E-state index contributed by atoms with van der Waals surface area (Å²) in [4.78, 5) is 19.5. The topological polar surface area (TPSA) is 35.5 Å². The molecule has 0 heterocycles. The van der Waals surface area contributed by atoms with Crippen molar-refractivity contribution < 1.29 is 14.6 Å². The van der Waals surface area contributed by atoms with Gasteiger partial charge in [-0.05, 0) is 18.6 Å². The Labute approximate surface area is 99.3 Å². The third-order valence-electron chi connectivity index (χ3n) is 1.34. The molecule has 13 heavy (non-hydrogen) atoms. The van der Waals surface area contributed by atoms with Gasteiger partial charge in [-0.3, -0.25) is 9.78 Å². The summed E-state index contributed by atoms with van der Waals surface area (Å²) >= 11 is 0. The summed E-state index contributed by atoms with van der Waals surface area (Å²) in [5, 5.41) is 0. The Morgan fingerprint density at radius 1 is 1.31 bits per heavy atom. The average Bonchev–Trinajstić information content (AvgIpc) is 2.03. The van der Waals surface area contributed by atoms with Crippen LogP contribution < -0.4 is 4.89 Å². The zero-order valence-corrected chi connectivity index (χ0v) is 7.03. The Balaban J connectivity index is 0.00000144. The van der Waals surface area contributed by atoms with Crippen molar-refractivity contribution in [3.63, 3.8) is 0 Å². The Morgan fingerprint density at radius 3 is 2.46 bits per heavy atom. The molecule has 0 spiro atoms. The van der Waals surface area contributed by atoms with E-state index in [0.29, 0.717) is 5.75 Å². The van der Waals surface area contributed by atoms with Crippen LogP contribution in [-0.2, 0) is 9.68 Å². The van der Waals surface area contributed by atoms with Gasteiger partial charge in [0.25, 0.3) is 0 Å². The van der Waals surface area contributed by atoms with E-state index in [1.54, 1.807) is 6.07 Å². The predicted octanol–water partition coefficient (Wildman–Crippen LogP) is 1.20. The van der Waals surface area contributed by atoms with Gasteiger partial charge in [-0.1, -0.05) is 18.2 Å². The summed E-state index contributed by atoms with van der Waals surface area (Å²) in [5.74, 6) is 0.103. The van der Waals surface area contributed by atoms with Gasteiger partial charge in [-0.25, -0.2) is 4.79 Å². The van der Waals surface area contributed by atoms with E-state index in [-0.39, 0.29) is 29.6 Å². The Hall–Kier alpha value is -0.510. The summed E-state index contributed by atoms with van der Waals surface area (Å²) in [6, 6.07) is 7.30. The number of para-hydroxylation sites is 1. The van der Waals surface area contributed by atoms with E-state index in [4.69, 9.17) is 4.89 Å². The van der Waals surface area contributed by atoms with Crippen LogP contribution in [0.2, 0.25) is 0 Å². The minimum absolute atomic E-state index is 0. The molecular formula is C9H11NaO3. The van der Waals surface area contributed by atoms with Gasteiger partial charge in [0.2, 0.25) is 0 Å². The number of rotatable bonds is 2. The van der Waals surface area contributed by atoms with Crippen LogP contribution in [0.3, 0.4) is 0 Å². The van der Waals surface area contributed by atoms with Crippen LogP contribution in [0.1, 0.15) is 12.5 Å². The van der Waals surface area contributed by atoms with E-state index in [1.807, 2.05) is 25.1 Å². The standard InChI is InChI=1S/C9H10O3.Na.H/c1-7-5-3-4-6-9(7)12-11-8(2)10;;/h3-6H,1-2H3;;. The number of benzene rings is 1. The zero-order valence-electron chi connectivity index (χ0n) is 7.03. The molecule has 0 saturated heterocycles. The predicted molar refractivity (Wildman–Crippen MR) is 50.7 cm³/mol. The molecule has 0 amide bonds. The first-order valence-corrected chi connectivity index (χ1v) is 3.61. The van der Waals surface area contributed by atoms with E-state index in [1.165, 1.54) is 6.92 Å². The maximum absolute atomic E-state index is 10.4. The van der Waals surface area contributed by atoms with Gasteiger partial charge in [0.1, 0.15) is 0 Å². The Morgan fingerprint density at radius 2 is 1.92 bits per heavy atom. The van der Waals surface area contributed by atoms with Gasteiger partial charge in [0.15, 0.2) is 5.75 Å². The van der Waals surface area contributed by atoms with E-state index in [0.717, 1.165) is 5.56 Å². The van der Waals surface area contributed by atoms with Crippen LogP contribution in [0, 0.1) is 6.92 Å². The fourth-order valence-electron chi connectivity index (χ4n) is 0.753. The van der Waals surface area contributed by atoms with Crippen molar-refractivity contribution in [1.29, 1.82) is 0 Å². The van der Waals surface area contributed by atoms with Crippen molar-refractivity contribution in [2.75, 3.05) is 0 Å². The molecule has 0 aliphatic carbocycles. The molecule has 0 saturated carbocycles. The number of carbonyl (C=O) groups excluding carboxylic acids is 1. The normalized spacial score (nSPS) is 8.46. The van der Waals surface area contributed by atoms with Crippen LogP contribution in [-0.4, -0.2) is 35.5 Å². The first-order chi connectivity index (χ1) is 5.70. The zero-order chi connectivity index (χ0) is 8.97. The SMILES string of the molecule is CC(=O)OOc1ccccc1C.[NaH]. The minimum atomic E-state index is -0.460. The van der Waals surface area contributed by atoms with E-state index >= 15 is 0 Å². The van der Waals surface area contributed by atoms with Gasteiger partial charge in [0.05, 0.1) is 0 Å². The second-order valence-electron chi connectivity index (χ2n) is 2.42. The molecule has 0 aromatic heterocycles. The molecule has 0 aliphatic heterocycles. The van der Waals surface area contributed by atoms with Crippen molar-refractivity contribution in [3.8, 4) is 5.75 Å². The molecule has 0 atom stereocenters. The molecular weight excluding hydrogens is 179 g/mol. The molecule has 1 rings (SSSR count). The van der Waals surface area contributed by atoms with Gasteiger partial charge in [-0.2, -0.15) is 0 Å². The van der Waals surface area contributed by atoms with Crippen LogP contribution in [0.4, 0.5) is 0 Å². The second kappa shape index (κ2) is 6.02. The van der Waals surface area contributed by atoms with Crippen molar-refractivity contribution in [2.24, 2.45) is 0 Å². The molecule has 4 heteroatoms. The van der Waals surface area contributed by atoms with Crippen molar-refractivity contribution in [2.45, 2.75) is 13.8 Å². The summed E-state index contributed by atoms with van der Waals surface area (Å²) in [6.07, 6.45) is 0. The third kappa shape index (κ3) is 4.31. The van der Waals surface area contributed by atoms with Gasteiger partial charge in [-0.15, -0.1) is 0 Å². The summed E-state index contributed by atoms with van der Waals surface area (Å²) in [7, 11) is 0. The van der Waals surface area contributed by atoms with Gasteiger partial charge >= 0.3 is 35.5 Å². The first kappa shape index (κ1) is 12.5. The fraction of sp³-hybridized carbons (Fsp3) is 0.222.